The molecule has 0 unspecified atom stereocenters. The van der Waals surface area contributed by atoms with Gasteiger partial charge >= 0.3 is 0 Å². The number of benzene rings is 2. The number of rotatable bonds is 1. The molecule has 1 nitrogen and oxygen atoms in total. The smallest absolute Gasteiger partial charge is 0.0828 e. The van der Waals surface area contributed by atoms with E-state index >= 15 is 0 Å². The second-order valence-corrected chi connectivity index (χ2v) is 5.02. The van der Waals surface area contributed by atoms with Crippen molar-refractivity contribution in [2.45, 2.75) is 31.6 Å². The number of hydrogen-bond donors (Lipinski definition) is 0. The van der Waals surface area contributed by atoms with Crippen LogP contribution in [0.2, 0.25) is 0 Å². The average Bonchev–Trinajstić information content (AvgIpc) is 2.32. The van der Waals surface area contributed by atoms with Gasteiger partial charge in [-0.2, -0.15) is 5.26 Å². The summed E-state index contributed by atoms with van der Waals surface area (Å²) in [5.74, 6) is 0. The summed E-state index contributed by atoms with van der Waals surface area (Å²) in [5.41, 5.74) is 2.30. The van der Waals surface area contributed by atoms with Gasteiger partial charge in [0.1, 0.15) is 0 Å². The molecule has 0 aromatic heterocycles. The summed E-state index contributed by atoms with van der Waals surface area (Å²) in [5, 5.41) is 12.0. The third-order valence-electron chi connectivity index (χ3n) is 4.08. The highest BCUT2D eigenvalue weighted by Gasteiger charge is 2.39. The fourth-order valence-corrected chi connectivity index (χ4v) is 2.84. The summed E-state index contributed by atoms with van der Waals surface area (Å²) in [7, 11) is 0. The molecule has 0 aliphatic heterocycles. The summed E-state index contributed by atoms with van der Waals surface area (Å²) in [4.78, 5) is 0. The molecule has 3 rings (SSSR count). The Morgan fingerprint density at radius 2 is 1.76 bits per heavy atom. The van der Waals surface area contributed by atoms with Gasteiger partial charge in [-0.25, -0.2) is 0 Å². The Labute approximate surface area is 102 Å². The summed E-state index contributed by atoms with van der Waals surface area (Å²) in [6.07, 6.45) is 3.20. The van der Waals surface area contributed by atoms with E-state index in [1.807, 2.05) is 0 Å². The van der Waals surface area contributed by atoms with E-state index in [0.717, 1.165) is 12.8 Å². The van der Waals surface area contributed by atoms with Crippen LogP contribution in [-0.2, 0) is 5.41 Å². The van der Waals surface area contributed by atoms with Crippen LogP contribution >= 0.6 is 0 Å². The normalized spacial score (nSPS) is 17.4. The van der Waals surface area contributed by atoms with Crippen LogP contribution in [0.4, 0.5) is 0 Å². The fraction of sp³-hybridized carbons (Fsp3) is 0.312. The molecule has 0 amide bonds. The summed E-state index contributed by atoms with van der Waals surface area (Å²) < 4.78 is 0. The molecular weight excluding hydrogens is 206 g/mol. The van der Waals surface area contributed by atoms with E-state index in [9.17, 15) is 5.26 Å². The lowest BCUT2D eigenvalue weighted by molar-refractivity contribution is 0.326. The van der Waals surface area contributed by atoms with Crippen molar-refractivity contribution >= 4 is 10.8 Å². The zero-order valence-corrected chi connectivity index (χ0v) is 10.0. The minimum atomic E-state index is -0.215. The molecule has 0 spiro atoms. The van der Waals surface area contributed by atoms with E-state index in [1.165, 1.54) is 28.3 Å². The third-order valence-corrected chi connectivity index (χ3v) is 4.08. The van der Waals surface area contributed by atoms with Crippen molar-refractivity contribution in [2.24, 2.45) is 0 Å². The first-order chi connectivity index (χ1) is 8.27. The largest absolute Gasteiger partial charge is 0.197 e. The molecule has 1 fully saturated rings. The number of hydrogen-bond acceptors (Lipinski definition) is 1. The van der Waals surface area contributed by atoms with E-state index in [1.54, 1.807) is 0 Å². The predicted octanol–water partition coefficient (Wildman–Crippen LogP) is 4.09. The Morgan fingerprint density at radius 3 is 2.35 bits per heavy atom. The van der Waals surface area contributed by atoms with Crippen LogP contribution < -0.4 is 0 Å². The maximum atomic E-state index is 9.47. The first-order valence-corrected chi connectivity index (χ1v) is 6.17. The van der Waals surface area contributed by atoms with Crippen molar-refractivity contribution in [1.29, 1.82) is 5.26 Å². The Bertz CT molecular complexity index is 615. The van der Waals surface area contributed by atoms with E-state index in [4.69, 9.17) is 0 Å². The number of nitriles is 1. The molecule has 1 saturated carbocycles. The van der Waals surface area contributed by atoms with Gasteiger partial charge in [0.2, 0.25) is 0 Å². The van der Waals surface area contributed by atoms with E-state index in [2.05, 4.69) is 49.4 Å². The number of aryl methyl sites for hydroxylation is 1. The van der Waals surface area contributed by atoms with Crippen molar-refractivity contribution in [3.05, 3.63) is 47.5 Å². The summed E-state index contributed by atoms with van der Waals surface area (Å²) >= 11 is 0. The molecule has 0 bridgehead atoms. The Hall–Kier alpha value is -1.81. The van der Waals surface area contributed by atoms with Crippen LogP contribution in [0.5, 0.6) is 0 Å². The van der Waals surface area contributed by atoms with Gasteiger partial charge in [0, 0.05) is 0 Å². The summed E-state index contributed by atoms with van der Waals surface area (Å²) in [6, 6.07) is 15.3. The molecule has 84 valence electrons. The van der Waals surface area contributed by atoms with E-state index in [0.29, 0.717) is 0 Å². The first-order valence-electron chi connectivity index (χ1n) is 6.17. The monoisotopic (exact) mass is 221 g/mol. The maximum absolute atomic E-state index is 9.47. The molecule has 0 N–H and O–H groups in total. The second kappa shape index (κ2) is 3.60. The van der Waals surface area contributed by atoms with Crippen molar-refractivity contribution in [1.82, 2.24) is 0 Å². The Kier molecular flexibility index (Phi) is 2.19. The van der Waals surface area contributed by atoms with Crippen LogP contribution in [0, 0.1) is 18.3 Å². The average molecular weight is 221 g/mol. The van der Waals surface area contributed by atoms with E-state index in [-0.39, 0.29) is 5.41 Å². The van der Waals surface area contributed by atoms with Gasteiger partial charge in [-0.1, -0.05) is 36.4 Å². The molecule has 0 atom stereocenters. The first kappa shape index (κ1) is 10.4. The second-order valence-electron chi connectivity index (χ2n) is 5.02. The van der Waals surface area contributed by atoms with E-state index < -0.39 is 0 Å². The molecule has 0 heterocycles. The van der Waals surface area contributed by atoms with Crippen LogP contribution in [0.15, 0.2) is 36.4 Å². The highest BCUT2D eigenvalue weighted by molar-refractivity contribution is 5.90. The molecule has 0 radical (unpaired) electrons. The van der Waals surface area contributed by atoms with Gasteiger partial charge in [0.25, 0.3) is 0 Å². The number of nitrogens with zero attached hydrogens (tertiary/aromatic N) is 1. The lowest BCUT2D eigenvalue weighted by atomic mass is 9.64. The molecule has 2 aromatic rings. The zero-order valence-electron chi connectivity index (χ0n) is 10.0. The van der Waals surface area contributed by atoms with Crippen LogP contribution in [0.25, 0.3) is 10.8 Å². The lowest BCUT2D eigenvalue weighted by Crippen LogP contribution is -2.32. The number of fused-ring (bicyclic) bond motifs is 1. The zero-order chi connectivity index (χ0) is 11.9. The van der Waals surface area contributed by atoms with Gasteiger partial charge in [0.15, 0.2) is 0 Å². The Morgan fingerprint density at radius 1 is 1.06 bits per heavy atom. The minimum absolute atomic E-state index is 0.215. The highest BCUT2D eigenvalue weighted by atomic mass is 14.4. The molecule has 17 heavy (non-hydrogen) atoms. The minimum Gasteiger partial charge on any atom is -0.197 e. The molecule has 0 saturated heterocycles. The van der Waals surface area contributed by atoms with Gasteiger partial charge in [-0.3, -0.25) is 0 Å². The van der Waals surface area contributed by atoms with Crippen molar-refractivity contribution < 1.29 is 0 Å². The fourth-order valence-electron chi connectivity index (χ4n) is 2.84. The van der Waals surface area contributed by atoms with Gasteiger partial charge in [0.05, 0.1) is 11.5 Å². The maximum Gasteiger partial charge on any atom is 0.0828 e. The van der Waals surface area contributed by atoms with Gasteiger partial charge < -0.3 is 0 Å². The SMILES string of the molecule is Cc1ccc(C2(C#N)CCC2)c2ccccc12. The Balaban J connectivity index is 2.32. The molecule has 1 aliphatic carbocycles. The topological polar surface area (TPSA) is 23.8 Å². The molecule has 1 aliphatic rings. The standard InChI is InChI=1S/C16H15N/c1-12-7-8-15(16(11-17)9-4-10-16)14-6-3-2-5-13(12)14/h2-3,5-8H,4,9-10H2,1H3. The van der Waals surface area contributed by atoms with Gasteiger partial charge in [-0.15, -0.1) is 0 Å². The van der Waals surface area contributed by atoms with Crippen LogP contribution in [-0.4, -0.2) is 0 Å². The quantitative estimate of drug-likeness (QED) is 0.711. The predicted molar refractivity (Wildman–Crippen MR) is 69.8 cm³/mol. The van der Waals surface area contributed by atoms with Crippen molar-refractivity contribution in [3.8, 4) is 6.07 Å². The van der Waals surface area contributed by atoms with Crippen molar-refractivity contribution in [2.75, 3.05) is 0 Å². The highest BCUT2D eigenvalue weighted by Crippen LogP contribution is 2.45. The molecule has 1 heteroatoms. The molecule has 2 aromatic carbocycles. The van der Waals surface area contributed by atoms with Crippen molar-refractivity contribution in [3.63, 3.8) is 0 Å². The lowest BCUT2D eigenvalue weighted by Gasteiger charge is -2.36. The van der Waals surface area contributed by atoms with Crippen LogP contribution in [0.3, 0.4) is 0 Å². The summed E-state index contributed by atoms with van der Waals surface area (Å²) in [6.45, 7) is 2.13. The van der Waals surface area contributed by atoms with Gasteiger partial charge in [-0.05, 0) is 48.1 Å². The molecular formula is C16H15N. The van der Waals surface area contributed by atoms with Crippen LogP contribution in [0.1, 0.15) is 30.4 Å². The third kappa shape index (κ3) is 1.37.